The van der Waals surface area contributed by atoms with Crippen LogP contribution in [0.15, 0.2) is 53.7 Å². The number of H-pyrrole nitrogens is 1. The lowest BCUT2D eigenvalue weighted by molar-refractivity contribution is 0.580. The molecule has 2 aromatic carbocycles. The van der Waals surface area contributed by atoms with Gasteiger partial charge in [0.2, 0.25) is 0 Å². The summed E-state index contributed by atoms with van der Waals surface area (Å²) in [4.78, 5) is 9.53. The van der Waals surface area contributed by atoms with Crippen LogP contribution >= 0.6 is 24.0 Å². The molecule has 3 aromatic rings. The Morgan fingerprint density at radius 3 is 2.87 bits per heavy atom. The number of anilines is 1. The highest BCUT2D eigenvalue weighted by molar-refractivity contribution is 14.0. The number of guanidine groups is 1. The summed E-state index contributed by atoms with van der Waals surface area (Å²) in [7, 11) is 1.74. The van der Waals surface area contributed by atoms with Crippen LogP contribution in [0.2, 0.25) is 0 Å². The third-order valence-corrected chi connectivity index (χ3v) is 5.36. The summed E-state index contributed by atoms with van der Waals surface area (Å²) in [5, 5.41) is 8.00. The van der Waals surface area contributed by atoms with Crippen molar-refractivity contribution in [2.75, 3.05) is 31.6 Å². The minimum atomic E-state index is -0.556. The van der Waals surface area contributed by atoms with E-state index in [-0.39, 0.29) is 30.0 Å². The van der Waals surface area contributed by atoms with Crippen LogP contribution in [0.25, 0.3) is 10.9 Å². The maximum Gasteiger partial charge on any atom is 0.191 e. The molecule has 2 heterocycles. The average molecular weight is 525 g/mol. The number of nitrogens with zero attached hydrogens (tertiary/aromatic N) is 2. The van der Waals surface area contributed by atoms with Crippen LogP contribution in [0.1, 0.15) is 12.0 Å². The normalized spacial score (nSPS) is 16.6. The van der Waals surface area contributed by atoms with Crippen molar-refractivity contribution in [3.8, 4) is 0 Å². The number of hydrogen-bond donors (Lipinski definition) is 3. The quantitative estimate of drug-likeness (QED) is 0.268. The maximum absolute atomic E-state index is 14.0. The Morgan fingerprint density at radius 1 is 1.23 bits per heavy atom. The summed E-state index contributed by atoms with van der Waals surface area (Å²) in [6, 6.07) is 12.1. The van der Waals surface area contributed by atoms with Crippen molar-refractivity contribution in [2.45, 2.75) is 18.9 Å². The number of halogens is 3. The average Bonchev–Trinajstić information content (AvgIpc) is 3.34. The molecule has 30 heavy (non-hydrogen) atoms. The highest BCUT2D eigenvalue weighted by Gasteiger charge is 2.25. The van der Waals surface area contributed by atoms with Gasteiger partial charge < -0.3 is 20.5 Å². The largest absolute Gasteiger partial charge is 0.367 e. The van der Waals surface area contributed by atoms with E-state index in [1.54, 1.807) is 7.05 Å². The predicted octanol–water partition coefficient (Wildman–Crippen LogP) is 4.05. The second kappa shape index (κ2) is 10.1. The first-order chi connectivity index (χ1) is 14.1. The van der Waals surface area contributed by atoms with Crippen molar-refractivity contribution in [3.63, 3.8) is 0 Å². The molecule has 1 atom stereocenters. The molecule has 160 valence electrons. The zero-order valence-electron chi connectivity index (χ0n) is 16.8. The zero-order chi connectivity index (χ0) is 20.2. The van der Waals surface area contributed by atoms with E-state index < -0.39 is 11.6 Å². The Labute approximate surface area is 192 Å². The van der Waals surface area contributed by atoms with E-state index in [4.69, 9.17) is 0 Å². The third kappa shape index (κ3) is 5.03. The Bertz CT molecular complexity index is 1020. The van der Waals surface area contributed by atoms with Crippen molar-refractivity contribution < 1.29 is 8.78 Å². The van der Waals surface area contributed by atoms with Gasteiger partial charge in [0.15, 0.2) is 5.96 Å². The molecule has 0 aliphatic carbocycles. The number of hydrogen-bond acceptors (Lipinski definition) is 2. The van der Waals surface area contributed by atoms with Crippen molar-refractivity contribution in [1.82, 2.24) is 15.6 Å². The molecule has 0 radical (unpaired) electrons. The lowest BCUT2D eigenvalue weighted by atomic mass is 10.1. The number of fused-ring (bicyclic) bond motifs is 1. The second-order valence-electron chi connectivity index (χ2n) is 7.28. The molecule has 0 spiro atoms. The molecular weight excluding hydrogens is 499 g/mol. The van der Waals surface area contributed by atoms with E-state index in [0.717, 1.165) is 36.9 Å². The minimum Gasteiger partial charge on any atom is -0.367 e. The highest BCUT2D eigenvalue weighted by Crippen LogP contribution is 2.24. The molecule has 1 aliphatic heterocycles. The Kier molecular flexibility index (Phi) is 7.52. The molecule has 8 heteroatoms. The molecule has 5 nitrogen and oxygen atoms in total. The van der Waals surface area contributed by atoms with Gasteiger partial charge in [0.25, 0.3) is 0 Å². The van der Waals surface area contributed by atoms with Gasteiger partial charge in [0.05, 0.1) is 5.69 Å². The van der Waals surface area contributed by atoms with Gasteiger partial charge >= 0.3 is 0 Å². The van der Waals surface area contributed by atoms with Gasteiger partial charge in [-0.15, -0.1) is 24.0 Å². The molecule has 1 aromatic heterocycles. The molecule has 0 amide bonds. The van der Waals surface area contributed by atoms with Crippen molar-refractivity contribution in [2.24, 2.45) is 4.99 Å². The number of aliphatic imine (C=N–C) groups is 1. The van der Waals surface area contributed by atoms with E-state index >= 15 is 0 Å². The molecule has 1 saturated heterocycles. The lowest BCUT2D eigenvalue weighted by Crippen LogP contribution is -2.45. The third-order valence-electron chi connectivity index (χ3n) is 5.36. The smallest absolute Gasteiger partial charge is 0.191 e. The number of aromatic amines is 1. The van der Waals surface area contributed by atoms with Crippen molar-refractivity contribution in [3.05, 3.63) is 65.9 Å². The van der Waals surface area contributed by atoms with E-state index in [1.807, 2.05) is 17.0 Å². The van der Waals surface area contributed by atoms with E-state index in [1.165, 1.54) is 23.1 Å². The fourth-order valence-corrected chi connectivity index (χ4v) is 3.88. The number of para-hydroxylation sites is 1. The zero-order valence-corrected chi connectivity index (χ0v) is 19.1. The number of benzene rings is 2. The topological polar surface area (TPSA) is 55.5 Å². The standard InChI is InChI=1S/C22H25F2N5.HI/c1-25-22(26-10-8-15-13-27-20-5-3-2-4-18(15)20)28-17-9-11-29(14-17)21-7-6-16(23)12-19(21)24;/h2-7,12-13,17,27H,8-11,14H2,1H3,(H2,25,26,28);1H. The Balaban J connectivity index is 0.00000256. The molecule has 1 aliphatic rings. The summed E-state index contributed by atoms with van der Waals surface area (Å²) in [5.41, 5.74) is 2.85. The van der Waals surface area contributed by atoms with E-state index in [0.29, 0.717) is 18.8 Å². The van der Waals surface area contributed by atoms with E-state index in [2.05, 4.69) is 38.9 Å². The van der Waals surface area contributed by atoms with Gasteiger partial charge in [-0.25, -0.2) is 8.78 Å². The van der Waals surface area contributed by atoms with E-state index in [9.17, 15) is 8.78 Å². The summed E-state index contributed by atoms with van der Waals surface area (Å²) in [5.74, 6) is -0.344. The van der Waals surface area contributed by atoms with Gasteiger partial charge in [0, 0.05) is 55.9 Å². The van der Waals surface area contributed by atoms with Crippen molar-refractivity contribution in [1.29, 1.82) is 0 Å². The first-order valence-electron chi connectivity index (χ1n) is 9.86. The van der Waals surface area contributed by atoms with Crippen LogP contribution < -0.4 is 15.5 Å². The van der Waals surface area contributed by atoms with Gasteiger partial charge in [-0.3, -0.25) is 4.99 Å². The Hall–Kier alpha value is -2.36. The van der Waals surface area contributed by atoms with Crippen LogP contribution in [-0.4, -0.2) is 43.7 Å². The summed E-state index contributed by atoms with van der Waals surface area (Å²) in [6.45, 7) is 2.11. The molecule has 1 fully saturated rings. The van der Waals surface area contributed by atoms with Gasteiger partial charge in [-0.05, 0) is 36.6 Å². The SMILES string of the molecule is CN=C(NCCc1c[nH]c2ccccc12)NC1CCN(c2ccc(F)cc2F)C1.I. The molecule has 0 saturated carbocycles. The molecule has 1 unspecified atom stereocenters. The fourth-order valence-electron chi connectivity index (χ4n) is 3.88. The molecular formula is C22H26F2IN5. The first kappa shape index (κ1) is 22.3. The monoisotopic (exact) mass is 525 g/mol. The predicted molar refractivity (Wildman–Crippen MR) is 129 cm³/mol. The highest BCUT2D eigenvalue weighted by atomic mass is 127. The first-order valence-corrected chi connectivity index (χ1v) is 9.86. The van der Waals surface area contributed by atoms with Crippen molar-refractivity contribution >= 4 is 46.5 Å². The summed E-state index contributed by atoms with van der Waals surface area (Å²) >= 11 is 0. The van der Waals surface area contributed by atoms with Gasteiger partial charge in [0.1, 0.15) is 11.6 Å². The van der Waals surface area contributed by atoms with Crippen LogP contribution in [0.5, 0.6) is 0 Å². The molecule has 3 N–H and O–H groups in total. The fraction of sp³-hybridized carbons (Fsp3) is 0.318. The summed E-state index contributed by atoms with van der Waals surface area (Å²) in [6.07, 6.45) is 3.79. The lowest BCUT2D eigenvalue weighted by Gasteiger charge is -2.21. The van der Waals surface area contributed by atoms with Gasteiger partial charge in [-0.1, -0.05) is 18.2 Å². The Morgan fingerprint density at radius 2 is 2.07 bits per heavy atom. The van der Waals surface area contributed by atoms with Crippen LogP contribution in [-0.2, 0) is 6.42 Å². The number of aromatic nitrogens is 1. The molecule has 4 rings (SSSR count). The molecule has 0 bridgehead atoms. The van der Waals surface area contributed by atoms with Crippen LogP contribution in [0.3, 0.4) is 0 Å². The van der Waals surface area contributed by atoms with Crippen LogP contribution in [0.4, 0.5) is 14.5 Å². The van der Waals surface area contributed by atoms with Crippen LogP contribution in [0, 0.1) is 11.6 Å². The maximum atomic E-state index is 14.0. The summed E-state index contributed by atoms with van der Waals surface area (Å²) < 4.78 is 27.2. The van der Waals surface area contributed by atoms with Gasteiger partial charge in [-0.2, -0.15) is 0 Å². The number of rotatable bonds is 5. The second-order valence-corrected chi connectivity index (χ2v) is 7.28. The minimum absolute atomic E-state index is 0. The number of nitrogens with one attached hydrogen (secondary N) is 3.